The molecule has 0 spiro atoms. The van der Waals surface area contributed by atoms with E-state index in [1.165, 1.54) is 11.1 Å². The summed E-state index contributed by atoms with van der Waals surface area (Å²) in [6.07, 6.45) is 0.737. The summed E-state index contributed by atoms with van der Waals surface area (Å²) < 4.78 is 5.68. The van der Waals surface area contributed by atoms with Gasteiger partial charge in [-0.2, -0.15) is 0 Å². The van der Waals surface area contributed by atoms with Crippen molar-refractivity contribution in [2.75, 3.05) is 13.7 Å². The summed E-state index contributed by atoms with van der Waals surface area (Å²) in [7, 11) is 1.94. The molecule has 1 aliphatic rings. The zero-order valence-electron chi connectivity index (χ0n) is 9.16. The summed E-state index contributed by atoms with van der Waals surface area (Å²) in [6.45, 7) is 2.15. The summed E-state index contributed by atoms with van der Waals surface area (Å²) in [5, 5.41) is 12.4. The molecule has 0 aromatic heterocycles. The van der Waals surface area contributed by atoms with Gasteiger partial charge in [0.05, 0.1) is 6.61 Å². The highest BCUT2D eigenvalue weighted by Crippen LogP contribution is 2.34. The second-order valence-corrected chi connectivity index (χ2v) is 4.04. The van der Waals surface area contributed by atoms with Crippen LogP contribution in [0, 0.1) is 6.92 Å². The van der Waals surface area contributed by atoms with Crippen LogP contribution >= 0.6 is 0 Å². The monoisotopic (exact) mass is 207 g/mol. The molecule has 15 heavy (non-hydrogen) atoms. The maximum absolute atomic E-state index is 9.13. The van der Waals surface area contributed by atoms with E-state index in [-0.39, 0.29) is 18.8 Å². The lowest BCUT2D eigenvalue weighted by molar-refractivity contribution is 0.0846. The van der Waals surface area contributed by atoms with Gasteiger partial charge < -0.3 is 15.2 Å². The number of fused-ring (bicyclic) bond motifs is 1. The zero-order valence-corrected chi connectivity index (χ0v) is 9.16. The number of hydrogen-bond acceptors (Lipinski definition) is 3. The van der Waals surface area contributed by atoms with Crippen LogP contribution in [-0.4, -0.2) is 24.9 Å². The highest BCUT2D eigenvalue weighted by atomic mass is 16.5. The Bertz CT molecular complexity index is 351. The van der Waals surface area contributed by atoms with Crippen molar-refractivity contribution in [1.82, 2.24) is 5.32 Å². The first-order valence-electron chi connectivity index (χ1n) is 5.30. The maximum Gasteiger partial charge on any atom is 0.124 e. The molecule has 1 aromatic rings. The van der Waals surface area contributed by atoms with Gasteiger partial charge in [-0.25, -0.2) is 0 Å². The molecule has 0 bridgehead atoms. The van der Waals surface area contributed by atoms with Crippen molar-refractivity contribution in [3.05, 3.63) is 29.3 Å². The van der Waals surface area contributed by atoms with Gasteiger partial charge in [-0.1, -0.05) is 17.7 Å². The molecule has 0 saturated carbocycles. The number of ether oxygens (including phenoxy) is 1. The molecule has 1 aromatic carbocycles. The van der Waals surface area contributed by atoms with Crippen LogP contribution in [0.2, 0.25) is 0 Å². The van der Waals surface area contributed by atoms with Gasteiger partial charge in [-0.05, 0) is 20.0 Å². The third-order valence-electron chi connectivity index (χ3n) is 2.89. The van der Waals surface area contributed by atoms with Gasteiger partial charge in [0, 0.05) is 18.0 Å². The van der Waals surface area contributed by atoms with Crippen LogP contribution in [-0.2, 0) is 0 Å². The lowest BCUT2D eigenvalue weighted by atomic mass is 9.95. The highest BCUT2D eigenvalue weighted by molar-refractivity contribution is 5.40. The fourth-order valence-corrected chi connectivity index (χ4v) is 2.05. The van der Waals surface area contributed by atoms with Crippen LogP contribution in [0.25, 0.3) is 0 Å². The van der Waals surface area contributed by atoms with Gasteiger partial charge in [0.25, 0.3) is 0 Å². The molecule has 3 nitrogen and oxygen atoms in total. The molecular formula is C12H17NO2. The van der Waals surface area contributed by atoms with Crippen LogP contribution in [0.3, 0.4) is 0 Å². The molecule has 1 aliphatic heterocycles. The lowest BCUT2D eigenvalue weighted by Gasteiger charge is -2.31. The molecule has 2 N–H and O–H groups in total. The molecule has 0 saturated heterocycles. The van der Waals surface area contributed by atoms with Crippen LogP contribution in [0.5, 0.6) is 5.75 Å². The summed E-state index contributed by atoms with van der Waals surface area (Å²) in [6, 6.07) is 6.44. The van der Waals surface area contributed by atoms with Gasteiger partial charge in [0.2, 0.25) is 0 Å². The Labute approximate surface area is 90.1 Å². The van der Waals surface area contributed by atoms with Crippen LogP contribution in [0.1, 0.15) is 23.6 Å². The molecule has 2 atom stereocenters. The van der Waals surface area contributed by atoms with E-state index in [2.05, 4.69) is 18.3 Å². The minimum atomic E-state index is -0.0855. The quantitative estimate of drug-likeness (QED) is 0.770. The van der Waals surface area contributed by atoms with E-state index in [9.17, 15) is 0 Å². The van der Waals surface area contributed by atoms with Crippen LogP contribution < -0.4 is 10.1 Å². The molecular weight excluding hydrogens is 190 g/mol. The first-order valence-corrected chi connectivity index (χ1v) is 5.30. The van der Waals surface area contributed by atoms with Gasteiger partial charge in [-0.15, -0.1) is 0 Å². The zero-order chi connectivity index (χ0) is 10.8. The molecule has 0 amide bonds. The number of aliphatic hydroxyl groups is 1. The standard InChI is InChI=1S/C12H17NO2/c1-8-3-4-12-10(5-8)11(13-2)6-9(7-14)15-12/h3-5,9,11,13-14H,6-7H2,1-2H3. The van der Waals surface area contributed by atoms with E-state index in [1.807, 2.05) is 19.2 Å². The van der Waals surface area contributed by atoms with E-state index in [4.69, 9.17) is 9.84 Å². The normalized spacial score (nSPS) is 24.5. The van der Waals surface area contributed by atoms with Crippen molar-refractivity contribution in [1.29, 1.82) is 0 Å². The average molecular weight is 207 g/mol. The lowest BCUT2D eigenvalue weighted by Crippen LogP contribution is -2.33. The van der Waals surface area contributed by atoms with E-state index in [1.54, 1.807) is 0 Å². The van der Waals surface area contributed by atoms with Gasteiger partial charge in [0.1, 0.15) is 11.9 Å². The molecule has 3 heteroatoms. The molecule has 0 aliphatic carbocycles. The van der Waals surface area contributed by atoms with Gasteiger partial charge in [0.15, 0.2) is 0 Å². The van der Waals surface area contributed by atoms with Gasteiger partial charge in [-0.3, -0.25) is 0 Å². The van der Waals surface area contributed by atoms with Crippen molar-refractivity contribution < 1.29 is 9.84 Å². The number of hydrogen-bond donors (Lipinski definition) is 2. The molecule has 2 rings (SSSR count). The molecule has 1 heterocycles. The van der Waals surface area contributed by atoms with E-state index in [0.717, 1.165) is 12.2 Å². The number of benzene rings is 1. The first kappa shape index (κ1) is 10.5. The Balaban J connectivity index is 2.35. The molecule has 0 radical (unpaired) electrons. The van der Waals surface area contributed by atoms with E-state index >= 15 is 0 Å². The smallest absolute Gasteiger partial charge is 0.124 e. The molecule has 2 unspecified atom stereocenters. The third kappa shape index (κ3) is 1.98. The molecule has 82 valence electrons. The summed E-state index contributed by atoms with van der Waals surface area (Å²) in [5.74, 6) is 0.894. The van der Waals surface area contributed by atoms with E-state index < -0.39 is 0 Å². The topological polar surface area (TPSA) is 41.5 Å². The number of rotatable bonds is 2. The van der Waals surface area contributed by atoms with Crippen molar-refractivity contribution >= 4 is 0 Å². The van der Waals surface area contributed by atoms with Crippen molar-refractivity contribution in [3.63, 3.8) is 0 Å². The Morgan fingerprint density at radius 1 is 1.53 bits per heavy atom. The largest absolute Gasteiger partial charge is 0.488 e. The third-order valence-corrected chi connectivity index (χ3v) is 2.89. The van der Waals surface area contributed by atoms with Crippen LogP contribution in [0.4, 0.5) is 0 Å². The van der Waals surface area contributed by atoms with E-state index in [0.29, 0.717) is 0 Å². The number of aryl methyl sites for hydroxylation is 1. The molecule has 0 fully saturated rings. The summed E-state index contributed by atoms with van der Waals surface area (Å²) >= 11 is 0. The summed E-state index contributed by atoms with van der Waals surface area (Å²) in [4.78, 5) is 0. The van der Waals surface area contributed by atoms with Crippen molar-refractivity contribution in [3.8, 4) is 5.75 Å². The average Bonchev–Trinajstić information content (AvgIpc) is 2.27. The first-order chi connectivity index (χ1) is 7.24. The predicted molar refractivity (Wildman–Crippen MR) is 59.1 cm³/mol. The fraction of sp³-hybridized carbons (Fsp3) is 0.500. The second kappa shape index (κ2) is 4.21. The Hall–Kier alpha value is -1.06. The predicted octanol–water partition coefficient (Wildman–Crippen LogP) is 1.40. The highest BCUT2D eigenvalue weighted by Gasteiger charge is 2.26. The minimum absolute atomic E-state index is 0.0749. The Morgan fingerprint density at radius 2 is 2.33 bits per heavy atom. The number of aliphatic hydroxyl groups excluding tert-OH is 1. The maximum atomic E-state index is 9.13. The summed E-state index contributed by atoms with van der Waals surface area (Å²) in [5.41, 5.74) is 2.43. The Morgan fingerprint density at radius 3 is 3.00 bits per heavy atom. The van der Waals surface area contributed by atoms with Crippen molar-refractivity contribution in [2.24, 2.45) is 0 Å². The van der Waals surface area contributed by atoms with Crippen molar-refractivity contribution in [2.45, 2.75) is 25.5 Å². The van der Waals surface area contributed by atoms with Crippen LogP contribution in [0.15, 0.2) is 18.2 Å². The Kier molecular flexibility index (Phi) is 2.93. The minimum Gasteiger partial charge on any atom is -0.488 e. The fourth-order valence-electron chi connectivity index (χ4n) is 2.05. The number of nitrogens with one attached hydrogen (secondary N) is 1. The SMILES string of the molecule is CNC1CC(CO)Oc2ccc(C)cc21. The second-order valence-electron chi connectivity index (χ2n) is 4.04. The van der Waals surface area contributed by atoms with Gasteiger partial charge >= 0.3 is 0 Å².